The zero-order chi connectivity index (χ0) is 12.2. The smallest absolute Gasteiger partial charge is 0.328 e. The van der Waals surface area contributed by atoms with Crippen LogP contribution in [-0.4, -0.2) is 40.4 Å². The molecule has 0 heterocycles. The van der Waals surface area contributed by atoms with Crippen LogP contribution in [0.5, 0.6) is 0 Å². The number of rotatable bonds is 4. The lowest BCUT2D eigenvalue weighted by atomic mass is 10.0. The van der Waals surface area contributed by atoms with Crippen molar-refractivity contribution in [2.45, 2.75) is 44.2 Å². The number of aliphatic carboxylic acids is 1. The van der Waals surface area contributed by atoms with Gasteiger partial charge in [0.05, 0.1) is 6.61 Å². The van der Waals surface area contributed by atoms with Crippen LogP contribution in [0.15, 0.2) is 0 Å². The molecule has 92 valence electrons. The Hall–Kier alpha value is -1.30. The Bertz CT molecular complexity index is 274. The molecule has 1 rings (SSSR count). The van der Waals surface area contributed by atoms with E-state index in [-0.39, 0.29) is 5.54 Å². The first-order valence-corrected chi connectivity index (χ1v) is 5.39. The molecular formula is C10H18N2O4. The summed E-state index contributed by atoms with van der Waals surface area (Å²) in [5.74, 6) is -1.24. The van der Waals surface area contributed by atoms with Gasteiger partial charge in [-0.3, -0.25) is 0 Å². The molecule has 1 atom stereocenters. The minimum Gasteiger partial charge on any atom is -0.480 e. The van der Waals surface area contributed by atoms with Gasteiger partial charge in [-0.25, -0.2) is 9.59 Å². The zero-order valence-corrected chi connectivity index (χ0v) is 9.32. The van der Waals surface area contributed by atoms with Gasteiger partial charge in [0.2, 0.25) is 0 Å². The fourth-order valence-corrected chi connectivity index (χ4v) is 1.93. The second-order valence-electron chi connectivity index (χ2n) is 4.44. The number of aliphatic hydroxyl groups excluding tert-OH is 1. The highest BCUT2D eigenvalue weighted by Crippen LogP contribution is 2.28. The van der Waals surface area contributed by atoms with Crippen molar-refractivity contribution in [2.75, 3.05) is 6.61 Å². The first-order chi connectivity index (χ1) is 7.47. The molecule has 0 spiro atoms. The van der Waals surface area contributed by atoms with E-state index in [4.69, 9.17) is 10.2 Å². The van der Waals surface area contributed by atoms with Crippen molar-refractivity contribution in [3.8, 4) is 0 Å². The van der Waals surface area contributed by atoms with Gasteiger partial charge in [-0.2, -0.15) is 0 Å². The van der Waals surface area contributed by atoms with Crippen molar-refractivity contribution in [1.29, 1.82) is 0 Å². The molecule has 1 saturated carbocycles. The summed E-state index contributed by atoms with van der Waals surface area (Å²) in [7, 11) is 0. The molecule has 1 aliphatic carbocycles. The lowest BCUT2D eigenvalue weighted by Crippen LogP contribution is -2.53. The SMILES string of the molecule is CC1(NC(=O)N[C@H](CO)C(=O)O)CCCC1. The molecule has 1 aliphatic rings. The van der Waals surface area contributed by atoms with Crippen molar-refractivity contribution >= 4 is 12.0 Å². The third-order valence-electron chi connectivity index (χ3n) is 2.91. The van der Waals surface area contributed by atoms with Crippen LogP contribution in [0.3, 0.4) is 0 Å². The first-order valence-electron chi connectivity index (χ1n) is 5.39. The van der Waals surface area contributed by atoms with Gasteiger partial charge in [-0.1, -0.05) is 12.8 Å². The third kappa shape index (κ3) is 3.37. The van der Waals surface area contributed by atoms with Crippen LogP contribution < -0.4 is 10.6 Å². The number of hydrogen-bond acceptors (Lipinski definition) is 3. The maximum atomic E-state index is 11.5. The van der Waals surface area contributed by atoms with Crippen LogP contribution in [0.1, 0.15) is 32.6 Å². The lowest BCUT2D eigenvalue weighted by molar-refractivity contribution is -0.140. The number of carboxylic acid groups (broad SMARTS) is 1. The average molecular weight is 230 g/mol. The first kappa shape index (κ1) is 12.8. The standard InChI is InChI=1S/C10H18N2O4/c1-10(4-2-3-5-10)12-9(16)11-7(6-13)8(14)15/h7,13H,2-6H2,1H3,(H,14,15)(H2,11,12,16)/t7-/m1/s1. The van der Waals surface area contributed by atoms with Gasteiger partial charge < -0.3 is 20.8 Å². The maximum Gasteiger partial charge on any atom is 0.328 e. The highest BCUT2D eigenvalue weighted by Gasteiger charge is 2.31. The van der Waals surface area contributed by atoms with Gasteiger partial charge in [0, 0.05) is 5.54 Å². The van der Waals surface area contributed by atoms with Gasteiger partial charge in [-0.15, -0.1) is 0 Å². The van der Waals surface area contributed by atoms with Crippen molar-refractivity contribution in [3.63, 3.8) is 0 Å². The van der Waals surface area contributed by atoms with Crippen LogP contribution in [-0.2, 0) is 4.79 Å². The van der Waals surface area contributed by atoms with E-state index >= 15 is 0 Å². The van der Waals surface area contributed by atoms with Crippen molar-refractivity contribution in [2.24, 2.45) is 0 Å². The van der Waals surface area contributed by atoms with E-state index in [1.54, 1.807) is 0 Å². The highest BCUT2D eigenvalue weighted by atomic mass is 16.4. The number of hydrogen-bond donors (Lipinski definition) is 4. The summed E-state index contributed by atoms with van der Waals surface area (Å²) in [5, 5.41) is 22.4. The van der Waals surface area contributed by atoms with E-state index in [1.165, 1.54) is 0 Å². The molecule has 2 amide bonds. The van der Waals surface area contributed by atoms with E-state index < -0.39 is 24.6 Å². The molecule has 16 heavy (non-hydrogen) atoms. The van der Waals surface area contributed by atoms with Gasteiger partial charge in [0.1, 0.15) is 0 Å². The van der Waals surface area contributed by atoms with E-state index in [0.717, 1.165) is 25.7 Å². The highest BCUT2D eigenvalue weighted by molar-refractivity contribution is 5.82. The Labute approximate surface area is 94.0 Å². The molecule has 0 unspecified atom stereocenters. The summed E-state index contributed by atoms with van der Waals surface area (Å²) < 4.78 is 0. The predicted octanol–water partition coefficient (Wildman–Crippen LogP) is 0.0638. The maximum absolute atomic E-state index is 11.5. The predicted molar refractivity (Wildman–Crippen MR) is 57.1 cm³/mol. The molecule has 6 nitrogen and oxygen atoms in total. The number of carboxylic acids is 1. The lowest BCUT2D eigenvalue weighted by Gasteiger charge is -2.26. The van der Waals surface area contributed by atoms with Crippen LogP contribution >= 0.6 is 0 Å². The van der Waals surface area contributed by atoms with E-state index in [2.05, 4.69) is 10.6 Å². The van der Waals surface area contributed by atoms with E-state index in [9.17, 15) is 9.59 Å². The number of urea groups is 1. The van der Waals surface area contributed by atoms with Crippen LogP contribution in [0, 0.1) is 0 Å². The zero-order valence-electron chi connectivity index (χ0n) is 9.32. The monoisotopic (exact) mass is 230 g/mol. The van der Waals surface area contributed by atoms with Gasteiger partial charge >= 0.3 is 12.0 Å². The summed E-state index contributed by atoms with van der Waals surface area (Å²) in [6.07, 6.45) is 3.94. The van der Waals surface area contributed by atoms with Crippen LogP contribution in [0.25, 0.3) is 0 Å². The van der Waals surface area contributed by atoms with Gasteiger partial charge in [0.15, 0.2) is 6.04 Å². The van der Waals surface area contributed by atoms with Crippen molar-refractivity contribution in [3.05, 3.63) is 0 Å². The molecule has 0 bridgehead atoms. The minimum absolute atomic E-state index is 0.247. The van der Waals surface area contributed by atoms with Crippen molar-refractivity contribution in [1.82, 2.24) is 10.6 Å². The average Bonchev–Trinajstić information content (AvgIpc) is 2.60. The quantitative estimate of drug-likeness (QED) is 0.549. The molecule has 0 aromatic rings. The normalized spacial score (nSPS) is 20.1. The fourth-order valence-electron chi connectivity index (χ4n) is 1.93. The Morgan fingerprint density at radius 2 is 1.94 bits per heavy atom. The van der Waals surface area contributed by atoms with E-state index in [0.29, 0.717) is 0 Å². The summed E-state index contributed by atoms with van der Waals surface area (Å²) in [6, 6.07) is -1.78. The van der Waals surface area contributed by atoms with Crippen LogP contribution in [0.2, 0.25) is 0 Å². The summed E-state index contributed by atoms with van der Waals surface area (Å²) in [6.45, 7) is 1.33. The number of carbonyl (C=O) groups excluding carboxylic acids is 1. The second kappa shape index (κ2) is 5.16. The van der Waals surface area contributed by atoms with Gasteiger partial charge in [0.25, 0.3) is 0 Å². The molecule has 0 aromatic heterocycles. The Kier molecular flexibility index (Phi) is 4.12. The number of nitrogens with one attached hydrogen (secondary N) is 2. The van der Waals surface area contributed by atoms with E-state index in [1.807, 2.05) is 6.92 Å². The number of aliphatic hydroxyl groups is 1. The minimum atomic E-state index is -1.25. The summed E-state index contributed by atoms with van der Waals surface area (Å²) in [5.41, 5.74) is -0.247. The Balaban J connectivity index is 2.43. The molecular weight excluding hydrogens is 212 g/mol. The fraction of sp³-hybridized carbons (Fsp3) is 0.800. The summed E-state index contributed by atoms with van der Waals surface area (Å²) in [4.78, 5) is 22.1. The second-order valence-corrected chi connectivity index (χ2v) is 4.44. The number of carbonyl (C=O) groups is 2. The van der Waals surface area contributed by atoms with Gasteiger partial charge in [-0.05, 0) is 19.8 Å². The molecule has 1 fully saturated rings. The third-order valence-corrected chi connectivity index (χ3v) is 2.91. The molecule has 4 N–H and O–H groups in total. The molecule has 0 radical (unpaired) electrons. The largest absolute Gasteiger partial charge is 0.480 e. The molecule has 0 aliphatic heterocycles. The molecule has 0 aromatic carbocycles. The van der Waals surface area contributed by atoms with Crippen molar-refractivity contribution < 1.29 is 19.8 Å². The molecule has 0 saturated heterocycles. The summed E-state index contributed by atoms with van der Waals surface area (Å²) >= 11 is 0. The molecule has 6 heteroatoms. The Morgan fingerprint density at radius 3 is 2.38 bits per heavy atom. The number of amides is 2. The Morgan fingerprint density at radius 1 is 1.38 bits per heavy atom. The topological polar surface area (TPSA) is 98.7 Å². The van der Waals surface area contributed by atoms with Crippen LogP contribution in [0.4, 0.5) is 4.79 Å².